The van der Waals surface area contributed by atoms with Crippen molar-refractivity contribution in [2.45, 2.75) is 13.3 Å². The molecule has 1 heterocycles. The van der Waals surface area contributed by atoms with Gasteiger partial charge < -0.3 is 5.32 Å². The number of hydrogen-bond acceptors (Lipinski definition) is 4. The van der Waals surface area contributed by atoms with Crippen LogP contribution in [0.15, 0.2) is 24.4 Å². The Labute approximate surface area is 119 Å². The number of carbonyl (C=O) groups is 1. The maximum Gasteiger partial charge on any atom is 0.304 e. The Morgan fingerprint density at radius 1 is 1.52 bits per heavy atom. The van der Waals surface area contributed by atoms with Crippen LogP contribution in [0.1, 0.15) is 23.0 Å². The van der Waals surface area contributed by atoms with E-state index < -0.39 is 22.3 Å². The zero-order chi connectivity index (χ0) is 15.6. The van der Waals surface area contributed by atoms with E-state index >= 15 is 0 Å². The lowest BCUT2D eigenvalue weighted by Gasteiger charge is -2.04. The van der Waals surface area contributed by atoms with Gasteiger partial charge in [-0.25, -0.2) is 0 Å². The molecule has 0 spiro atoms. The maximum atomic E-state index is 13.5. The normalized spacial score (nSPS) is 10.4. The number of aromatic nitrogens is 2. The number of anilines is 1. The first-order chi connectivity index (χ1) is 9.92. The van der Waals surface area contributed by atoms with Gasteiger partial charge in [0, 0.05) is 24.9 Å². The topological polar surface area (TPSA) is 90.1 Å². The molecule has 0 aliphatic heterocycles. The summed E-state index contributed by atoms with van der Waals surface area (Å²) >= 11 is 0. The number of nitro benzene ring substituents is 1. The second kappa shape index (κ2) is 5.70. The van der Waals surface area contributed by atoms with Crippen LogP contribution in [0, 0.1) is 15.9 Å². The summed E-state index contributed by atoms with van der Waals surface area (Å²) in [5.74, 6) is -1.60. The van der Waals surface area contributed by atoms with Gasteiger partial charge in [0.15, 0.2) is 0 Å². The van der Waals surface area contributed by atoms with Crippen molar-refractivity contribution in [3.63, 3.8) is 0 Å². The van der Waals surface area contributed by atoms with E-state index in [-0.39, 0.29) is 5.56 Å². The Morgan fingerprint density at radius 3 is 2.81 bits per heavy atom. The molecule has 0 radical (unpaired) electrons. The van der Waals surface area contributed by atoms with Crippen LogP contribution >= 0.6 is 0 Å². The highest BCUT2D eigenvalue weighted by Crippen LogP contribution is 2.20. The molecule has 0 saturated carbocycles. The first-order valence-corrected chi connectivity index (χ1v) is 6.20. The molecular weight excluding hydrogens is 279 g/mol. The SMILES string of the molecule is CCc1nn(C)cc1NC(=O)c1ccc([N+](=O)[O-])c(F)c1. The number of nitro groups is 1. The van der Waals surface area contributed by atoms with E-state index in [4.69, 9.17) is 0 Å². The molecule has 2 aromatic rings. The Hall–Kier alpha value is -2.77. The van der Waals surface area contributed by atoms with E-state index in [0.29, 0.717) is 17.8 Å². The Balaban J connectivity index is 2.24. The van der Waals surface area contributed by atoms with Crippen molar-refractivity contribution in [3.05, 3.63) is 51.6 Å². The molecule has 8 heteroatoms. The number of amides is 1. The first kappa shape index (κ1) is 14.6. The third-order valence-electron chi connectivity index (χ3n) is 2.89. The van der Waals surface area contributed by atoms with Crippen LogP contribution in [0.2, 0.25) is 0 Å². The van der Waals surface area contributed by atoms with Gasteiger partial charge in [0.1, 0.15) is 0 Å². The highest BCUT2D eigenvalue weighted by Gasteiger charge is 2.17. The molecule has 1 aromatic heterocycles. The zero-order valence-corrected chi connectivity index (χ0v) is 11.5. The van der Waals surface area contributed by atoms with Gasteiger partial charge in [0.05, 0.1) is 16.3 Å². The number of rotatable bonds is 4. The van der Waals surface area contributed by atoms with Crippen LogP contribution in [0.5, 0.6) is 0 Å². The fraction of sp³-hybridized carbons (Fsp3) is 0.231. The van der Waals surface area contributed by atoms with Crippen molar-refractivity contribution in [2.75, 3.05) is 5.32 Å². The third kappa shape index (κ3) is 3.04. The van der Waals surface area contributed by atoms with Gasteiger partial charge in [-0.05, 0) is 18.6 Å². The van der Waals surface area contributed by atoms with Crippen molar-refractivity contribution >= 4 is 17.3 Å². The summed E-state index contributed by atoms with van der Waals surface area (Å²) in [6.45, 7) is 1.89. The van der Waals surface area contributed by atoms with E-state index in [2.05, 4.69) is 10.4 Å². The molecule has 0 aliphatic rings. The predicted molar refractivity (Wildman–Crippen MR) is 73.6 cm³/mol. The second-order valence-corrected chi connectivity index (χ2v) is 4.39. The summed E-state index contributed by atoms with van der Waals surface area (Å²) in [5, 5.41) is 17.3. The van der Waals surface area contributed by atoms with Gasteiger partial charge >= 0.3 is 5.69 Å². The number of nitrogens with one attached hydrogen (secondary N) is 1. The van der Waals surface area contributed by atoms with Crippen LogP contribution in [-0.2, 0) is 13.5 Å². The minimum absolute atomic E-state index is 0.00371. The lowest BCUT2D eigenvalue weighted by atomic mass is 10.2. The van der Waals surface area contributed by atoms with Gasteiger partial charge in [-0.3, -0.25) is 19.6 Å². The number of halogens is 1. The first-order valence-electron chi connectivity index (χ1n) is 6.20. The molecule has 0 aliphatic carbocycles. The Bertz CT molecular complexity index is 711. The van der Waals surface area contributed by atoms with Crippen molar-refractivity contribution in [2.24, 2.45) is 7.05 Å². The molecule has 2 rings (SSSR count). The lowest BCUT2D eigenvalue weighted by molar-refractivity contribution is -0.387. The molecule has 21 heavy (non-hydrogen) atoms. The minimum atomic E-state index is -1.05. The molecule has 0 unspecified atom stereocenters. The highest BCUT2D eigenvalue weighted by molar-refractivity contribution is 6.04. The lowest BCUT2D eigenvalue weighted by Crippen LogP contribution is -2.13. The van der Waals surface area contributed by atoms with Crippen LogP contribution < -0.4 is 5.32 Å². The van der Waals surface area contributed by atoms with Gasteiger partial charge in [-0.2, -0.15) is 9.49 Å². The van der Waals surface area contributed by atoms with Crippen molar-refractivity contribution < 1.29 is 14.1 Å². The van der Waals surface area contributed by atoms with Gasteiger partial charge in [0.2, 0.25) is 5.82 Å². The molecule has 7 nitrogen and oxygen atoms in total. The van der Waals surface area contributed by atoms with Crippen molar-refractivity contribution in [1.29, 1.82) is 0 Å². The smallest absolute Gasteiger partial charge is 0.304 e. The Morgan fingerprint density at radius 2 is 2.24 bits per heavy atom. The van der Waals surface area contributed by atoms with E-state index in [1.165, 1.54) is 6.07 Å². The molecule has 1 amide bonds. The molecule has 110 valence electrons. The largest absolute Gasteiger partial charge is 0.319 e. The number of hydrogen-bond donors (Lipinski definition) is 1. The number of nitrogens with zero attached hydrogens (tertiary/aromatic N) is 3. The van der Waals surface area contributed by atoms with E-state index in [0.717, 1.165) is 12.1 Å². The second-order valence-electron chi connectivity index (χ2n) is 4.39. The number of carbonyl (C=O) groups excluding carboxylic acids is 1. The van der Waals surface area contributed by atoms with Gasteiger partial charge in [0.25, 0.3) is 5.91 Å². The number of aryl methyl sites for hydroxylation is 2. The quantitative estimate of drug-likeness (QED) is 0.691. The van der Waals surface area contributed by atoms with E-state index in [1.54, 1.807) is 17.9 Å². The van der Waals surface area contributed by atoms with E-state index in [1.807, 2.05) is 6.92 Å². The number of benzene rings is 1. The Kier molecular flexibility index (Phi) is 3.97. The standard InChI is InChI=1S/C13H13FN4O3/c1-3-10-11(7-17(2)16-10)15-13(19)8-4-5-12(18(20)21)9(14)6-8/h4-7H,3H2,1-2H3,(H,15,19). The summed E-state index contributed by atoms with van der Waals surface area (Å²) in [7, 11) is 1.72. The molecule has 1 aromatic carbocycles. The van der Waals surface area contributed by atoms with Gasteiger partial charge in [-0.1, -0.05) is 6.92 Å². The summed E-state index contributed by atoms with van der Waals surface area (Å²) in [6.07, 6.45) is 2.27. The zero-order valence-electron chi connectivity index (χ0n) is 11.5. The van der Waals surface area contributed by atoms with Crippen LogP contribution in [0.4, 0.5) is 15.8 Å². The maximum absolute atomic E-state index is 13.5. The summed E-state index contributed by atoms with van der Waals surface area (Å²) in [5.41, 5.74) is 0.572. The molecular formula is C13H13FN4O3. The van der Waals surface area contributed by atoms with Crippen molar-refractivity contribution in [1.82, 2.24) is 9.78 Å². The summed E-state index contributed by atoms with van der Waals surface area (Å²) in [4.78, 5) is 21.7. The average molecular weight is 292 g/mol. The fourth-order valence-corrected chi connectivity index (χ4v) is 1.89. The predicted octanol–water partition coefficient (Wildman–Crippen LogP) is 2.28. The van der Waals surface area contributed by atoms with Gasteiger partial charge in [-0.15, -0.1) is 0 Å². The minimum Gasteiger partial charge on any atom is -0.319 e. The van der Waals surface area contributed by atoms with Crippen LogP contribution in [-0.4, -0.2) is 20.6 Å². The van der Waals surface area contributed by atoms with E-state index in [9.17, 15) is 19.3 Å². The highest BCUT2D eigenvalue weighted by atomic mass is 19.1. The fourth-order valence-electron chi connectivity index (χ4n) is 1.89. The molecule has 0 bridgehead atoms. The average Bonchev–Trinajstić information content (AvgIpc) is 2.78. The molecule has 1 N–H and O–H groups in total. The monoisotopic (exact) mass is 292 g/mol. The molecule has 0 saturated heterocycles. The summed E-state index contributed by atoms with van der Waals surface area (Å²) in [6, 6.07) is 3.02. The molecule has 0 atom stereocenters. The third-order valence-corrected chi connectivity index (χ3v) is 2.89. The molecule has 0 fully saturated rings. The summed E-state index contributed by atoms with van der Waals surface area (Å²) < 4.78 is 15.1. The van der Waals surface area contributed by atoms with Crippen LogP contribution in [0.25, 0.3) is 0 Å². The van der Waals surface area contributed by atoms with Crippen LogP contribution in [0.3, 0.4) is 0 Å². The van der Waals surface area contributed by atoms with Crippen molar-refractivity contribution in [3.8, 4) is 0 Å².